The van der Waals surface area contributed by atoms with Crippen LogP contribution in [0.1, 0.15) is 37.3 Å². The van der Waals surface area contributed by atoms with E-state index in [1.54, 1.807) is 0 Å². The summed E-state index contributed by atoms with van der Waals surface area (Å²) in [6.07, 6.45) is 1.39. The number of carboxylic acid groups (broad SMARTS) is 1. The van der Waals surface area contributed by atoms with E-state index in [0.29, 0.717) is 32.4 Å². The number of carboxylic acids is 1. The number of benzene rings is 1. The van der Waals surface area contributed by atoms with Crippen LogP contribution >= 0.6 is 0 Å². The van der Waals surface area contributed by atoms with Gasteiger partial charge in [0.15, 0.2) is 22.2 Å². The van der Waals surface area contributed by atoms with Crippen LogP contribution in [0.4, 0.5) is 0 Å². The first-order valence-corrected chi connectivity index (χ1v) is 10.6. The van der Waals surface area contributed by atoms with Crippen molar-refractivity contribution in [2.24, 2.45) is 0 Å². The molecule has 0 spiro atoms. The highest BCUT2D eigenvalue weighted by atomic mass is 32.2. The smallest absolute Gasteiger partial charge is 0.303 e. The topological polar surface area (TPSA) is 115 Å². The minimum atomic E-state index is -1.87. The lowest BCUT2D eigenvalue weighted by atomic mass is 9.99. The number of aliphatic carboxylic acids is 1. The summed E-state index contributed by atoms with van der Waals surface area (Å²) < 4.78 is 39.7. The molecule has 3 atom stereocenters. The highest BCUT2D eigenvalue weighted by Gasteiger charge is 2.21. The van der Waals surface area contributed by atoms with Crippen molar-refractivity contribution in [3.05, 3.63) is 35.9 Å². The van der Waals surface area contributed by atoms with Gasteiger partial charge in [0.2, 0.25) is 0 Å². The molecule has 0 aliphatic carbocycles. The molecule has 9 heteroatoms. The number of rotatable bonds is 13. The third kappa shape index (κ3) is 9.81. The average Bonchev–Trinajstić information content (AvgIpc) is 2.54. The molecule has 0 aromatic heterocycles. The zero-order valence-electron chi connectivity index (χ0n) is 14.0. The van der Waals surface area contributed by atoms with Gasteiger partial charge in [-0.2, -0.15) is 0 Å². The van der Waals surface area contributed by atoms with Crippen LogP contribution in [0.5, 0.6) is 0 Å². The highest BCUT2D eigenvalue weighted by Crippen LogP contribution is 2.26. The first kappa shape index (κ1) is 21.9. The summed E-state index contributed by atoms with van der Waals surface area (Å²) in [6.45, 7) is 1.03. The molecule has 3 unspecified atom stereocenters. The van der Waals surface area contributed by atoms with Gasteiger partial charge in [-0.1, -0.05) is 30.3 Å². The van der Waals surface area contributed by atoms with Crippen LogP contribution in [0.25, 0.3) is 0 Å². The number of carbonyl (C=O) groups is 1. The van der Waals surface area contributed by atoms with Crippen molar-refractivity contribution in [3.8, 4) is 0 Å². The Bertz CT molecular complexity index is 549. The van der Waals surface area contributed by atoms with Gasteiger partial charge in [0.1, 0.15) is 0 Å². The van der Waals surface area contributed by atoms with Crippen LogP contribution < -0.4 is 0 Å². The lowest BCUT2D eigenvalue weighted by Gasteiger charge is -2.32. The first-order chi connectivity index (χ1) is 11.9. The fraction of sp³-hybridized carbons (Fsp3) is 0.562. The zero-order chi connectivity index (χ0) is 18.7. The predicted octanol–water partition coefficient (Wildman–Crippen LogP) is 2.12. The summed E-state index contributed by atoms with van der Waals surface area (Å²) in [5.74, 6) is -0.597. The molecule has 0 saturated carbocycles. The van der Waals surface area contributed by atoms with Gasteiger partial charge >= 0.3 is 5.97 Å². The van der Waals surface area contributed by atoms with E-state index >= 15 is 0 Å². The Labute approximate surface area is 153 Å². The Morgan fingerprint density at radius 2 is 1.52 bits per heavy atom. The summed E-state index contributed by atoms with van der Waals surface area (Å²) in [5.41, 5.74) is 0.971. The van der Waals surface area contributed by atoms with Crippen LogP contribution in [-0.4, -0.2) is 58.1 Å². The standard InChI is InChI=1S/C16H25NO6S2/c18-16(19)9-8-15(14-6-2-1-3-7-14)17(10-4-12-24(20)21)11-5-13-25(22)23/h1-3,6-7,15H,4-5,8-13H2,(H,18,19)(H,20,21)(H,22,23). The molecule has 0 aliphatic heterocycles. The summed E-state index contributed by atoms with van der Waals surface area (Å²) in [4.78, 5) is 13.0. The van der Waals surface area contributed by atoms with E-state index < -0.39 is 28.1 Å². The molecule has 0 bridgehead atoms. The maximum absolute atomic E-state index is 11.0. The number of hydrogen-bond acceptors (Lipinski definition) is 4. The molecule has 142 valence electrons. The van der Waals surface area contributed by atoms with Crippen molar-refractivity contribution < 1.29 is 27.4 Å². The van der Waals surface area contributed by atoms with E-state index in [1.807, 2.05) is 35.2 Å². The lowest BCUT2D eigenvalue weighted by molar-refractivity contribution is -0.137. The maximum Gasteiger partial charge on any atom is 0.303 e. The van der Waals surface area contributed by atoms with Gasteiger partial charge in [-0.25, -0.2) is 8.42 Å². The van der Waals surface area contributed by atoms with Crippen molar-refractivity contribution in [1.82, 2.24) is 4.90 Å². The summed E-state index contributed by atoms with van der Waals surface area (Å²) in [5, 5.41) is 9.02. The van der Waals surface area contributed by atoms with Gasteiger partial charge in [-0.15, -0.1) is 0 Å². The van der Waals surface area contributed by atoms with Crippen molar-refractivity contribution >= 4 is 28.1 Å². The quantitative estimate of drug-likeness (QED) is 0.441. The molecule has 25 heavy (non-hydrogen) atoms. The molecule has 7 nitrogen and oxygen atoms in total. The molecule has 0 heterocycles. The SMILES string of the molecule is O=C(O)CCC(c1ccccc1)N(CCCS(=O)O)CCCS(=O)O. The molecule has 1 rings (SSSR count). The van der Waals surface area contributed by atoms with Crippen molar-refractivity contribution in [3.63, 3.8) is 0 Å². The molecular formula is C16H25NO6S2. The summed E-state index contributed by atoms with van der Waals surface area (Å²) in [7, 11) is 0. The van der Waals surface area contributed by atoms with E-state index in [9.17, 15) is 13.2 Å². The first-order valence-electron chi connectivity index (χ1n) is 8.06. The maximum atomic E-state index is 11.0. The van der Waals surface area contributed by atoms with Crippen LogP contribution in [0, 0.1) is 0 Å². The van der Waals surface area contributed by atoms with Gasteiger partial charge in [0, 0.05) is 12.5 Å². The van der Waals surface area contributed by atoms with Gasteiger partial charge in [-0.05, 0) is 37.9 Å². The minimum absolute atomic E-state index is 0.00786. The molecule has 0 radical (unpaired) electrons. The van der Waals surface area contributed by atoms with Gasteiger partial charge < -0.3 is 14.2 Å². The fourth-order valence-electron chi connectivity index (χ4n) is 2.70. The minimum Gasteiger partial charge on any atom is -0.481 e. The lowest BCUT2D eigenvalue weighted by Crippen LogP contribution is -2.32. The normalized spacial score (nSPS) is 15.0. The van der Waals surface area contributed by atoms with Crippen molar-refractivity contribution in [2.75, 3.05) is 24.6 Å². The van der Waals surface area contributed by atoms with Crippen LogP contribution in [0.15, 0.2) is 30.3 Å². The summed E-state index contributed by atoms with van der Waals surface area (Å²) in [6, 6.07) is 9.34. The van der Waals surface area contributed by atoms with E-state index in [-0.39, 0.29) is 24.0 Å². The molecule has 0 aliphatic rings. The third-order valence-electron chi connectivity index (χ3n) is 3.79. The second kappa shape index (κ2) is 12.3. The average molecular weight is 392 g/mol. The molecule has 0 fully saturated rings. The molecular weight excluding hydrogens is 366 g/mol. The molecule has 3 N–H and O–H groups in total. The summed E-state index contributed by atoms with van der Waals surface area (Å²) >= 11 is -3.75. The number of nitrogens with zero attached hydrogens (tertiary/aromatic N) is 1. The van der Waals surface area contributed by atoms with E-state index in [1.165, 1.54) is 0 Å². The Morgan fingerprint density at radius 3 is 1.96 bits per heavy atom. The van der Waals surface area contributed by atoms with E-state index in [0.717, 1.165) is 5.56 Å². The van der Waals surface area contributed by atoms with Crippen molar-refractivity contribution in [1.29, 1.82) is 0 Å². The van der Waals surface area contributed by atoms with E-state index in [2.05, 4.69) is 0 Å². The van der Waals surface area contributed by atoms with Crippen LogP contribution in [0.3, 0.4) is 0 Å². The zero-order valence-corrected chi connectivity index (χ0v) is 15.6. The second-order valence-corrected chi connectivity index (χ2v) is 7.76. The van der Waals surface area contributed by atoms with Gasteiger partial charge in [0.25, 0.3) is 0 Å². The Morgan fingerprint density at radius 1 is 1.00 bits per heavy atom. The molecule has 0 saturated heterocycles. The Balaban J connectivity index is 2.87. The Kier molecular flexibility index (Phi) is 10.7. The highest BCUT2D eigenvalue weighted by molar-refractivity contribution is 7.79. The van der Waals surface area contributed by atoms with E-state index in [4.69, 9.17) is 14.2 Å². The van der Waals surface area contributed by atoms with Gasteiger partial charge in [0.05, 0.1) is 11.5 Å². The fourth-order valence-corrected chi connectivity index (χ4v) is 3.45. The van der Waals surface area contributed by atoms with Gasteiger partial charge in [-0.3, -0.25) is 9.69 Å². The monoisotopic (exact) mass is 391 g/mol. The second-order valence-electron chi connectivity index (χ2n) is 5.65. The van der Waals surface area contributed by atoms with Crippen LogP contribution in [0.2, 0.25) is 0 Å². The number of hydrogen-bond donors (Lipinski definition) is 3. The largest absolute Gasteiger partial charge is 0.481 e. The molecule has 1 aromatic rings. The molecule has 0 amide bonds. The third-order valence-corrected chi connectivity index (χ3v) is 5.06. The Hall–Kier alpha value is -1.13. The molecule has 1 aromatic carbocycles. The predicted molar refractivity (Wildman–Crippen MR) is 98.1 cm³/mol. The van der Waals surface area contributed by atoms with Crippen molar-refractivity contribution in [2.45, 2.75) is 31.7 Å². The van der Waals surface area contributed by atoms with Crippen LogP contribution in [-0.2, 0) is 27.0 Å².